The second kappa shape index (κ2) is 5.47. The van der Waals surface area contributed by atoms with E-state index >= 15 is 0 Å². The number of esters is 1. The van der Waals surface area contributed by atoms with Gasteiger partial charge in [-0.15, -0.1) is 0 Å². The molecular formula is C20H25NO3. The van der Waals surface area contributed by atoms with Gasteiger partial charge in [0.15, 0.2) is 5.60 Å². The zero-order valence-corrected chi connectivity index (χ0v) is 14.7. The minimum Gasteiger partial charge on any atom is -0.449 e. The molecule has 128 valence electrons. The zero-order chi connectivity index (χ0) is 16.9. The first-order chi connectivity index (χ1) is 11.4. The highest BCUT2D eigenvalue weighted by Gasteiger charge is 2.61. The van der Waals surface area contributed by atoms with Crippen molar-refractivity contribution in [3.63, 3.8) is 0 Å². The van der Waals surface area contributed by atoms with E-state index in [-0.39, 0.29) is 11.6 Å². The molecule has 0 aromatic carbocycles. The van der Waals surface area contributed by atoms with Crippen LogP contribution in [0.2, 0.25) is 0 Å². The summed E-state index contributed by atoms with van der Waals surface area (Å²) in [5.41, 5.74) is 1.32. The molecule has 4 heteroatoms. The van der Waals surface area contributed by atoms with Crippen LogP contribution in [0.1, 0.15) is 46.5 Å². The third kappa shape index (κ3) is 2.51. The van der Waals surface area contributed by atoms with Crippen molar-refractivity contribution >= 4 is 5.97 Å². The third-order valence-corrected chi connectivity index (χ3v) is 5.47. The van der Waals surface area contributed by atoms with Crippen LogP contribution in [0.4, 0.5) is 0 Å². The maximum Gasteiger partial charge on any atom is 0.332 e. The number of fused-ring (bicyclic) bond motifs is 3. The molecule has 0 amide bonds. The number of carbonyl (C=O) groups excluding carboxylic acids is 1. The van der Waals surface area contributed by atoms with Crippen LogP contribution in [-0.2, 0) is 14.3 Å². The Morgan fingerprint density at radius 3 is 3.04 bits per heavy atom. The van der Waals surface area contributed by atoms with Gasteiger partial charge in [-0.1, -0.05) is 24.3 Å². The monoisotopic (exact) mass is 327 g/mol. The number of piperidine rings is 1. The molecule has 24 heavy (non-hydrogen) atoms. The number of carbonyl (C=O) groups is 1. The summed E-state index contributed by atoms with van der Waals surface area (Å²) in [7, 11) is 0. The standard InChI is InChI=1S/C20H25NO3/c1-19(2,3)23-10-6-7-14-11-15-13-20(16(14)12-18(22)24-20)17-8-4-5-9-21(15)17/h11-12,15,17H,4-5,8-10,13H2,1-3H3/t15-,17-,20+/m1/s1. The summed E-state index contributed by atoms with van der Waals surface area (Å²) in [5, 5.41) is 0. The van der Waals surface area contributed by atoms with E-state index in [9.17, 15) is 4.79 Å². The molecule has 0 unspecified atom stereocenters. The van der Waals surface area contributed by atoms with Gasteiger partial charge in [-0.2, -0.15) is 0 Å². The molecule has 4 rings (SSSR count). The van der Waals surface area contributed by atoms with E-state index in [1.807, 2.05) is 20.8 Å². The minimum atomic E-state index is -0.453. The van der Waals surface area contributed by atoms with Crippen molar-refractivity contribution in [2.45, 2.75) is 69.7 Å². The minimum absolute atomic E-state index is 0.192. The van der Waals surface area contributed by atoms with Gasteiger partial charge in [-0.3, -0.25) is 4.90 Å². The van der Waals surface area contributed by atoms with Gasteiger partial charge in [-0.25, -0.2) is 4.79 Å². The van der Waals surface area contributed by atoms with Gasteiger partial charge >= 0.3 is 5.97 Å². The fourth-order valence-corrected chi connectivity index (χ4v) is 4.55. The van der Waals surface area contributed by atoms with Crippen LogP contribution < -0.4 is 0 Å². The summed E-state index contributed by atoms with van der Waals surface area (Å²) in [6, 6.07) is 0.654. The fraction of sp³-hybridized carbons (Fsp3) is 0.650. The molecule has 1 aliphatic carbocycles. The molecule has 2 fully saturated rings. The van der Waals surface area contributed by atoms with Crippen LogP contribution in [0.5, 0.6) is 0 Å². The van der Waals surface area contributed by atoms with E-state index in [0.29, 0.717) is 18.7 Å². The largest absolute Gasteiger partial charge is 0.449 e. The molecule has 0 saturated carbocycles. The molecule has 4 nitrogen and oxygen atoms in total. The Morgan fingerprint density at radius 2 is 2.25 bits per heavy atom. The Kier molecular flexibility index (Phi) is 3.63. The Bertz CT molecular complexity index is 688. The van der Waals surface area contributed by atoms with Crippen molar-refractivity contribution in [3.8, 4) is 11.8 Å². The normalized spacial score (nSPS) is 34.5. The maximum atomic E-state index is 12.1. The summed E-state index contributed by atoms with van der Waals surface area (Å²) in [4.78, 5) is 14.6. The molecule has 4 aliphatic rings. The first-order valence-electron chi connectivity index (χ1n) is 8.95. The molecule has 3 atom stereocenters. The summed E-state index contributed by atoms with van der Waals surface area (Å²) < 4.78 is 11.6. The first kappa shape index (κ1) is 15.9. The summed E-state index contributed by atoms with van der Waals surface area (Å²) in [6.45, 7) is 7.55. The smallest absolute Gasteiger partial charge is 0.332 e. The van der Waals surface area contributed by atoms with Gasteiger partial charge in [0.25, 0.3) is 0 Å². The molecule has 1 spiro atoms. The lowest BCUT2D eigenvalue weighted by Crippen LogP contribution is -2.48. The lowest BCUT2D eigenvalue weighted by molar-refractivity contribution is -0.148. The summed E-state index contributed by atoms with van der Waals surface area (Å²) in [6.07, 6.45) is 8.33. The second-order valence-corrected chi connectivity index (χ2v) is 8.17. The van der Waals surface area contributed by atoms with Crippen LogP contribution in [0.3, 0.4) is 0 Å². The van der Waals surface area contributed by atoms with Gasteiger partial charge in [-0.05, 0) is 40.2 Å². The predicted molar refractivity (Wildman–Crippen MR) is 91.2 cm³/mol. The maximum absolute atomic E-state index is 12.1. The Balaban J connectivity index is 1.63. The van der Waals surface area contributed by atoms with Gasteiger partial charge in [0, 0.05) is 29.7 Å². The van der Waals surface area contributed by atoms with Crippen LogP contribution in [0.25, 0.3) is 0 Å². The predicted octanol–water partition coefficient (Wildman–Crippen LogP) is 2.59. The highest BCUT2D eigenvalue weighted by molar-refractivity contribution is 5.90. The van der Waals surface area contributed by atoms with Gasteiger partial charge in [0.1, 0.15) is 6.61 Å². The van der Waals surface area contributed by atoms with Crippen LogP contribution in [-0.4, -0.2) is 47.3 Å². The lowest BCUT2D eigenvalue weighted by Gasteiger charge is -2.38. The van der Waals surface area contributed by atoms with Crippen molar-refractivity contribution < 1.29 is 14.3 Å². The second-order valence-electron chi connectivity index (χ2n) is 8.17. The van der Waals surface area contributed by atoms with Crippen molar-refractivity contribution in [2.75, 3.05) is 13.2 Å². The Morgan fingerprint density at radius 1 is 1.42 bits per heavy atom. The lowest BCUT2D eigenvalue weighted by atomic mass is 9.77. The van der Waals surface area contributed by atoms with E-state index in [1.54, 1.807) is 6.08 Å². The molecule has 0 radical (unpaired) electrons. The van der Waals surface area contributed by atoms with E-state index in [0.717, 1.165) is 30.5 Å². The highest BCUT2D eigenvalue weighted by Crippen LogP contribution is 2.53. The average molecular weight is 327 g/mol. The van der Waals surface area contributed by atoms with E-state index in [2.05, 4.69) is 22.8 Å². The number of ether oxygens (including phenoxy) is 2. The van der Waals surface area contributed by atoms with Crippen LogP contribution in [0.15, 0.2) is 23.3 Å². The Labute approximate surface area is 143 Å². The van der Waals surface area contributed by atoms with Crippen LogP contribution in [0, 0.1) is 11.8 Å². The average Bonchev–Trinajstić information content (AvgIpc) is 2.99. The summed E-state index contributed by atoms with van der Waals surface area (Å²) >= 11 is 0. The molecule has 2 saturated heterocycles. The van der Waals surface area contributed by atoms with Gasteiger partial charge < -0.3 is 9.47 Å². The van der Waals surface area contributed by atoms with Crippen molar-refractivity contribution in [1.29, 1.82) is 0 Å². The van der Waals surface area contributed by atoms with E-state index < -0.39 is 5.60 Å². The number of hydrogen-bond acceptors (Lipinski definition) is 4. The topological polar surface area (TPSA) is 38.8 Å². The summed E-state index contributed by atoms with van der Waals surface area (Å²) in [5.74, 6) is 6.16. The number of nitrogens with zero attached hydrogens (tertiary/aromatic N) is 1. The van der Waals surface area contributed by atoms with Crippen molar-refractivity contribution in [3.05, 3.63) is 23.3 Å². The number of hydrogen-bond donors (Lipinski definition) is 0. The fourth-order valence-electron chi connectivity index (χ4n) is 4.55. The third-order valence-electron chi connectivity index (χ3n) is 5.47. The molecule has 0 aromatic rings. The quantitative estimate of drug-likeness (QED) is 0.548. The first-order valence-corrected chi connectivity index (χ1v) is 8.95. The van der Waals surface area contributed by atoms with Crippen molar-refractivity contribution in [1.82, 2.24) is 4.90 Å². The van der Waals surface area contributed by atoms with Crippen molar-refractivity contribution in [2.24, 2.45) is 0 Å². The van der Waals surface area contributed by atoms with Gasteiger partial charge in [0.2, 0.25) is 0 Å². The highest BCUT2D eigenvalue weighted by atomic mass is 16.6. The molecule has 0 N–H and O–H groups in total. The Hall–Kier alpha value is -1.57. The zero-order valence-electron chi connectivity index (χ0n) is 14.7. The molecular weight excluding hydrogens is 302 g/mol. The van der Waals surface area contributed by atoms with Crippen LogP contribution >= 0.6 is 0 Å². The SMILES string of the molecule is CC(C)(C)OCC#CC1=C[C@@H]2C[C@@]3(OC(=O)C=C13)[C@H]1CCCCN21. The molecule has 2 bridgehead atoms. The molecule has 0 aromatic heterocycles. The van der Waals surface area contributed by atoms with E-state index in [1.165, 1.54) is 12.8 Å². The molecule has 3 aliphatic heterocycles. The van der Waals surface area contributed by atoms with E-state index in [4.69, 9.17) is 9.47 Å². The van der Waals surface area contributed by atoms with Gasteiger partial charge in [0.05, 0.1) is 11.6 Å². The molecule has 3 heterocycles. The number of rotatable bonds is 1.